The zero-order valence-electron chi connectivity index (χ0n) is 12.2. The summed E-state index contributed by atoms with van der Waals surface area (Å²) >= 11 is 3.42. The summed E-state index contributed by atoms with van der Waals surface area (Å²) in [5.41, 5.74) is 2.07. The van der Waals surface area contributed by atoms with Crippen molar-refractivity contribution < 1.29 is 9.84 Å². The molecule has 0 fully saturated rings. The molecule has 21 heavy (non-hydrogen) atoms. The van der Waals surface area contributed by atoms with E-state index < -0.39 is 6.10 Å². The fourth-order valence-corrected chi connectivity index (χ4v) is 2.55. The molecule has 0 saturated heterocycles. The third-order valence-corrected chi connectivity index (χ3v) is 3.96. The lowest BCUT2D eigenvalue weighted by Gasteiger charge is -2.18. The maximum Gasteiger partial charge on any atom is 0.118 e. The van der Waals surface area contributed by atoms with Crippen LogP contribution in [0, 0.1) is 0 Å². The monoisotopic (exact) mass is 349 g/mol. The van der Waals surface area contributed by atoms with Crippen molar-refractivity contribution in [3.8, 4) is 5.75 Å². The summed E-state index contributed by atoms with van der Waals surface area (Å²) in [7, 11) is 1.66. The van der Waals surface area contributed by atoms with E-state index in [-0.39, 0.29) is 6.04 Å². The van der Waals surface area contributed by atoms with Crippen molar-refractivity contribution in [3.63, 3.8) is 0 Å². The van der Waals surface area contributed by atoms with Gasteiger partial charge in [0.1, 0.15) is 5.75 Å². The molecule has 0 radical (unpaired) electrons. The zero-order valence-corrected chi connectivity index (χ0v) is 13.8. The van der Waals surface area contributed by atoms with E-state index >= 15 is 0 Å². The SMILES string of the molecule is COc1ccc(C(C)NCC(O)c2cccc(Br)c2)cc1. The highest BCUT2D eigenvalue weighted by Gasteiger charge is 2.11. The molecule has 0 aliphatic rings. The Balaban J connectivity index is 1.92. The standard InChI is InChI=1S/C17H20BrNO2/c1-12(13-6-8-16(21-2)9-7-13)19-11-17(20)14-4-3-5-15(18)10-14/h3-10,12,17,19-20H,11H2,1-2H3. The van der Waals surface area contributed by atoms with Gasteiger partial charge in [0.2, 0.25) is 0 Å². The number of hydrogen-bond acceptors (Lipinski definition) is 3. The highest BCUT2D eigenvalue weighted by molar-refractivity contribution is 9.10. The van der Waals surface area contributed by atoms with E-state index in [9.17, 15) is 5.11 Å². The maximum absolute atomic E-state index is 10.2. The molecule has 0 aromatic heterocycles. The zero-order chi connectivity index (χ0) is 15.2. The first-order chi connectivity index (χ1) is 10.1. The Labute approximate surface area is 134 Å². The average molecular weight is 350 g/mol. The molecule has 3 nitrogen and oxygen atoms in total. The Morgan fingerprint density at radius 1 is 1.14 bits per heavy atom. The first-order valence-corrected chi connectivity index (χ1v) is 7.70. The van der Waals surface area contributed by atoms with Crippen molar-refractivity contribution >= 4 is 15.9 Å². The molecule has 0 heterocycles. The predicted molar refractivity (Wildman–Crippen MR) is 88.5 cm³/mol. The summed E-state index contributed by atoms with van der Waals surface area (Å²) in [6.45, 7) is 2.58. The molecule has 4 heteroatoms. The van der Waals surface area contributed by atoms with Crippen LogP contribution in [0.25, 0.3) is 0 Å². The second-order valence-electron chi connectivity index (χ2n) is 4.97. The molecule has 2 aromatic rings. The lowest BCUT2D eigenvalue weighted by molar-refractivity contribution is 0.170. The van der Waals surface area contributed by atoms with Gasteiger partial charge >= 0.3 is 0 Å². The molecule has 0 aliphatic carbocycles. The third kappa shape index (κ3) is 4.56. The second-order valence-corrected chi connectivity index (χ2v) is 5.89. The van der Waals surface area contributed by atoms with Crippen LogP contribution in [0.1, 0.15) is 30.2 Å². The van der Waals surface area contributed by atoms with Gasteiger partial charge in [-0.2, -0.15) is 0 Å². The van der Waals surface area contributed by atoms with Crippen LogP contribution in [0.4, 0.5) is 0 Å². The number of nitrogens with one attached hydrogen (secondary N) is 1. The van der Waals surface area contributed by atoms with Crippen molar-refractivity contribution in [2.24, 2.45) is 0 Å². The summed E-state index contributed by atoms with van der Waals surface area (Å²) in [4.78, 5) is 0. The van der Waals surface area contributed by atoms with Gasteiger partial charge in [-0.3, -0.25) is 0 Å². The fourth-order valence-electron chi connectivity index (χ4n) is 2.13. The molecular formula is C17H20BrNO2. The first kappa shape index (κ1) is 16.0. The number of halogens is 1. The van der Waals surface area contributed by atoms with Gasteiger partial charge in [-0.15, -0.1) is 0 Å². The Kier molecular flexibility index (Phi) is 5.79. The second kappa shape index (κ2) is 7.59. The van der Waals surface area contributed by atoms with Gasteiger partial charge in [0, 0.05) is 17.1 Å². The Bertz CT molecular complexity index is 571. The summed E-state index contributed by atoms with van der Waals surface area (Å²) in [6.07, 6.45) is -0.525. The number of hydrogen-bond donors (Lipinski definition) is 2. The molecule has 2 N–H and O–H groups in total. The van der Waals surface area contributed by atoms with E-state index in [2.05, 4.69) is 28.2 Å². The molecule has 0 aliphatic heterocycles. The van der Waals surface area contributed by atoms with Crippen LogP contribution in [0.2, 0.25) is 0 Å². The minimum atomic E-state index is -0.525. The fraction of sp³-hybridized carbons (Fsp3) is 0.294. The summed E-state index contributed by atoms with van der Waals surface area (Å²) in [5.74, 6) is 0.847. The van der Waals surface area contributed by atoms with Crippen LogP contribution in [-0.2, 0) is 0 Å². The number of ether oxygens (including phenoxy) is 1. The first-order valence-electron chi connectivity index (χ1n) is 6.91. The third-order valence-electron chi connectivity index (χ3n) is 3.47. The van der Waals surface area contributed by atoms with Crippen molar-refractivity contribution in [3.05, 3.63) is 64.1 Å². The van der Waals surface area contributed by atoms with Crippen molar-refractivity contribution in [2.75, 3.05) is 13.7 Å². The number of rotatable bonds is 6. The van der Waals surface area contributed by atoms with E-state index in [1.54, 1.807) is 7.11 Å². The molecule has 0 saturated carbocycles. The van der Waals surface area contributed by atoms with Crippen LogP contribution in [0.5, 0.6) is 5.75 Å². The molecule has 2 unspecified atom stereocenters. The molecule has 2 rings (SSSR count). The summed E-state index contributed by atoms with van der Waals surface area (Å²) in [5, 5.41) is 13.6. The Morgan fingerprint density at radius 3 is 2.48 bits per heavy atom. The van der Waals surface area contributed by atoms with Gasteiger partial charge < -0.3 is 15.2 Å². The smallest absolute Gasteiger partial charge is 0.118 e. The van der Waals surface area contributed by atoms with E-state index in [1.807, 2.05) is 48.5 Å². The maximum atomic E-state index is 10.2. The van der Waals surface area contributed by atoms with Crippen LogP contribution < -0.4 is 10.1 Å². The lowest BCUT2D eigenvalue weighted by Crippen LogP contribution is -2.24. The van der Waals surface area contributed by atoms with Gasteiger partial charge in [0.15, 0.2) is 0 Å². The van der Waals surface area contributed by atoms with E-state index in [4.69, 9.17) is 4.74 Å². The number of aliphatic hydroxyl groups excluding tert-OH is 1. The molecule has 112 valence electrons. The molecule has 2 atom stereocenters. The molecule has 0 amide bonds. The van der Waals surface area contributed by atoms with Crippen LogP contribution in [0.3, 0.4) is 0 Å². The van der Waals surface area contributed by atoms with Crippen LogP contribution in [0.15, 0.2) is 53.0 Å². The normalized spacial score (nSPS) is 13.7. The molecule has 0 bridgehead atoms. The number of benzene rings is 2. The van der Waals surface area contributed by atoms with Gasteiger partial charge in [0.05, 0.1) is 13.2 Å². The molecule has 2 aromatic carbocycles. The average Bonchev–Trinajstić information content (AvgIpc) is 2.52. The summed E-state index contributed by atoms with van der Waals surface area (Å²) < 4.78 is 6.13. The minimum absolute atomic E-state index is 0.165. The van der Waals surface area contributed by atoms with Gasteiger partial charge in [0.25, 0.3) is 0 Å². The largest absolute Gasteiger partial charge is 0.497 e. The quantitative estimate of drug-likeness (QED) is 0.832. The highest BCUT2D eigenvalue weighted by atomic mass is 79.9. The van der Waals surface area contributed by atoms with Crippen molar-refractivity contribution in [2.45, 2.75) is 19.1 Å². The van der Waals surface area contributed by atoms with E-state index in [1.165, 1.54) is 0 Å². The molecule has 0 spiro atoms. The minimum Gasteiger partial charge on any atom is -0.497 e. The summed E-state index contributed by atoms with van der Waals surface area (Å²) in [6, 6.07) is 15.8. The van der Waals surface area contributed by atoms with E-state index in [0.717, 1.165) is 21.3 Å². The van der Waals surface area contributed by atoms with E-state index in [0.29, 0.717) is 6.54 Å². The predicted octanol–water partition coefficient (Wildman–Crippen LogP) is 3.84. The topological polar surface area (TPSA) is 41.5 Å². The van der Waals surface area contributed by atoms with Gasteiger partial charge in [-0.25, -0.2) is 0 Å². The molecular weight excluding hydrogens is 330 g/mol. The number of aliphatic hydroxyl groups is 1. The van der Waals surface area contributed by atoms with Gasteiger partial charge in [-0.1, -0.05) is 40.2 Å². The van der Waals surface area contributed by atoms with Gasteiger partial charge in [-0.05, 0) is 42.3 Å². The number of methoxy groups -OCH3 is 1. The van der Waals surface area contributed by atoms with Crippen LogP contribution >= 0.6 is 15.9 Å². The van der Waals surface area contributed by atoms with Crippen LogP contribution in [-0.4, -0.2) is 18.8 Å². The lowest BCUT2D eigenvalue weighted by atomic mass is 10.1. The van der Waals surface area contributed by atoms with Crippen molar-refractivity contribution in [1.29, 1.82) is 0 Å². The Hall–Kier alpha value is -1.36. The highest BCUT2D eigenvalue weighted by Crippen LogP contribution is 2.20. The Morgan fingerprint density at radius 2 is 1.86 bits per heavy atom. The van der Waals surface area contributed by atoms with Crippen molar-refractivity contribution in [1.82, 2.24) is 5.32 Å².